The first-order valence-electron chi connectivity index (χ1n) is 8.72. The van der Waals surface area contributed by atoms with Crippen LogP contribution in [0.1, 0.15) is 10.4 Å². The van der Waals surface area contributed by atoms with Gasteiger partial charge in [0.2, 0.25) is 0 Å². The van der Waals surface area contributed by atoms with Crippen LogP contribution in [0.5, 0.6) is 0 Å². The molecule has 0 saturated carbocycles. The fourth-order valence-electron chi connectivity index (χ4n) is 3.13. The molecule has 3 aromatic rings. The average molecular weight is 358 g/mol. The van der Waals surface area contributed by atoms with E-state index in [1.54, 1.807) is 29.2 Å². The Morgan fingerprint density at radius 3 is 2.48 bits per heavy atom. The summed E-state index contributed by atoms with van der Waals surface area (Å²) in [7, 11) is 0. The first-order valence-corrected chi connectivity index (χ1v) is 8.72. The third-order valence-corrected chi connectivity index (χ3v) is 4.43. The highest BCUT2D eigenvalue weighted by Crippen LogP contribution is 2.26. The lowest BCUT2D eigenvalue weighted by molar-refractivity contribution is 0.102. The maximum Gasteiger partial charge on any atom is 0.414 e. The van der Waals surface area contributed by atoms with E-state index in [9.17, 15) is 9.59 Å². The van der Waals surface area contributed by atoms with Crippen LogP contribution in [-0.4, -0.2) is 25.2 Å². The van der Waals surface area contributed by atoms with Crippen molar-refractivity contribution in [3.63, 3.8) is 0 Å². The maximum absolute atomic E-state index is 12.9. The van der Waals surface area contributed by atoms with Gasteiger partial charge in [-0.15, -0.1) is 0 Å². The number of nitrogens with zero attached hydrogens (tertiary/aromatic N) is 1. The van der Waals surface area contributed by atoms with Gasteiger partial charge in [0.25, 0.3) is 5.91 Å². The number of hydrogen-bond acceptors (Lipinski definition) is 3. The van der Waals surface area contributed by atoms with Crippen molar-refractivity contribution in [2.75, 3.05) is 23.4 Å². The van der Waals surface area contributed by atoms with Crippen molar-refractivity contribution >= 4 is 23.4 Å². The zero-order valence-electron chi connectivity index (χ0n) is 14.6. The van der Waals surface area contributed by atoms with Crippen LogP contribution in [-0.2, 0) is 4.74 Å². The summed E-state index contributed by atoms with van der Waals surface area (Å²) in [6, 6.07) is 24.5. The van der Waals surface area contributed by atoms with E-state index < -0.39 is 0 Å². The molecule has 1 N–H and O–H groups in total. The average Bonchev–Trinajstić information content (AvgIpc) is 3.15. The van der Waals surface area contributed by atoms with Gasteiger partial charge in [-0.05, 0) is 35.4 Å². The minimum atomic E-state index is -0.368. The van der Waals surface area contributed by atoms with Gasteiger partial charge in [-0.3, -0.25) is 9.69 Å². The number of hydrogen-bond donors (Lipinski definition) is 1. The van der Waals surface area contributed by atoms with Gasteiger partial charge in [-0.1, -0.05) is 54.6 Å². The molecule has 0 unspecified atom stereocenters. The van der Waals surface area contributed by atoms with Crippen LogP contribution in [0, 0.1) is 0 Å². The first-order chi connectivity index (χ1) is 13.2. The summed E-state index contributed by atoms with van der Waals surface area (Å²) in [5.41, 5.74) is 3.77. The molecule has 134 valence electrons. The molecule has 0 aliphatic carbocycles. The maximum atomic E-state index is 12.9. The molecular weight excluding hydrogens is 340 g/mol. The third-order valence-electron chi connectivity index (χ3n) is 4.43. The standard InChI is InChI=1S/C22H18N2O3/c25-21(20-12-5-4-11-19(20)16-7-2-1-3-8-16)23-17-9-6-10-18(15-17)24-13-14-27-22(24)26/h1-12,15H,13-14H2,(H,23,25). The molecule has 5 heteroatoms. The number of carbonyl (C=O) groups is 2. The summed E-state index contributed by atoms with van der Waals surface area (Å²) in [6.07, 6.45) is -0.368. The van der Waals surface area contributed by atoms with Crippen LogP contribution >= 0.6 is 0 Å². The minimum absolute atomic E-state index is 0.199. The Morgan fingerprint density at radius 2 is 1.70 bits per heavy atom. The second kappa shape index (κ2) is 7.33. The van der Waals surface area contributed by atoms with Gasteiger partial charge >= 0.3 is 6.09 Å². The molecule has 1 saturated heterocycles. The molecule has 0 radical (unpaired) electrons. The van der Waals surface area contributed by atoms with E-state index in [0.717, 1.165) is 11.1 Å². The Kier molecular flexibility index (Phi) is 4.58. The second-order valence-corrected chi connectivity index (χ2v) is 6.18. The van der Waals surface area contributed by atoms with Crippen LogP contribution in [0.2, 0.25) is 0 Å². The number of nitrogens with one attached hydrogen (secondary N) is 1. The Morgan fingerprint density at radius 1 is 0.926 bits per heavy atom. The lowest BCUT2D eigenvalue weighted by Crippen LogP contribution is -2.23. The highest BCUT2D eigenvalue weighted by atomic mass is 16.6. The molecule has 1 fully saturated rings. The van der Waals surface area contributed by atoms with Crippen molar-refractivity contribution in [3.8, 4) is 11.1 Å². The number of anilines is 2. The largest absolute Gasteiger partial charge is 0.447 e. The minimum Gasteiger partial charge on any atom is -0.447 e. The number of carbonyl (C=O) groups excluding carboxylic acids is 2. The van der Waals surface area contributed by atoms with E-state index in [4.69, 9.17) is 4.74 Å². The Hall–Kier alpha value is -3.60. The Balaban J connectivity index is 1.60. The Bertz CT molecular complexity index is 986. The summed E-state index contributed by atoms with van der Waals surface area (Å²) >= 11 is 0. The smallest absolute Gasteiger partial charge is 0.414 e. The van der Waals surface area contributed by atoms with Gasteiger partial charge in [0.15, 0.2) is 0 Å². The molecule has 5 nitrogen and oxygen atoms in total. The fraction of sp³-hybridized carbons (Fsp3) is 0.0909. The predicted octanol–water partition coefficient (Wildman–Crippen LogP) is 4.56. The molecule has 1 aliphatic heterocycles. The number of ether oxygens (including phenoxy) is 1. The van der Waals surface area contributed by atoms with Crippen molar-refractivity contribution in [2.24, 2.45) is 0 Å². The molecule has 1 aliphatic rings. The van der Waals surface area contributed by atoms with E-state index in [0.29, 0.717) is 30.1 Å². The van der Waals surface area contributed by atoms with Gasteiger partial charge in [-0.2, -0.15) is 0 Å². The molecule has 0 bridgehead atoms. The van der Waals surface area contributed by atoms with Gasteiger partial charge < -0.3 is 10.1 Å². The molecule has 27 heavy (non-hydrogen) atoms. The molecule has 3 aromatic carbocycles. The van der Waals surface area contributed by atoms with Crippen molar-refractivity contribution in [2.45, 2.75) is 0 Å². The van der Waals surface area contributed by atoms with Crippen molar-refractivity contribution in [1.29, 1.82) is 0 Å². The van der Waals surface area contributed by atoms with Crippen LogP contribution in [0.25, 0.3) is 11.1 Å². The van der Waals surface area contributed by atoms with Crippen LogP contribution in [0.15, 0.2) is 78.9 Å². The van der Waals surface area contributed by atoms with Crippen molar-refractivity contribution in [1.82, 2.24) is 0 Å². The summed E-state index contributed by atoms with van der Waals surface area (Å²) < 4.78 is 4.97. The SMILES string of the molecule is O=C(Nc1cccc(N2CCOC2=O)c1)c1ccccc1-c1ccccc1. The monoisotopic (exact) mass is 358 g/mol. The third kappa shape index (κ3) is 3.53. The Labute approximate surface area is 157 Å². The van der Waals surface area contributed by atoms with E-state index in [1.165, 1.54) is 0 Å². The quantitative estimate of drug-likeness (QED) is 0.744. The predicted molar refractivity (Wildman–Crippen MR) is 105 cm³/mol. The number of cyclic esters (lactones) is 1. The van der Waals surface area contributed by atoms with Gasteiger partial charge in [0.05, 0.1) is 6.54 Å². The summed E-state index contributed by atoms with van der Waals surface area (Å²) in [6.45, 7) is 0.882. The molecule has 4 rings (SSSR count). The first kappa shape index (κ1) is 16.8. The molecule has 2 amide bonds. The van der Waals surface area contributed by atoms with Crippen molar-refractivity contribution in [3.05, 3.63) is 84.4 Å². The van der Waals surface area contributed by atoms with Crippen molar-refractivity contribution < 1.29 is 14.3 Å². The van der Waals surface area contributed by atoms with Gasteiger partial charge in [-0.25, -0.2) is 4.79 Å². The van der Waals surface area contributed by atoms with E-state index in [1.807, 2.05) is 54.6 Å². The number of amides is 2. The number of rotatable bonds is 4. The van der Waals surface area contributed by atoms with E-state index >= 15 is 0 Å². The summed E-state index contributed by atoms with van der Waals surface area (Å²) in [4.78, 5) is 26.2. The van der Waals surface area contributed by atoms with E-state index in [2.05, 4.69) is 5.32 Å². The highest BCUT2D eigenvalue weighted by molar-refractivity contribution is 6.09. The van der Waals surface area contributed by atoms with Crippen LogP contribution in [0.3, 0.4) is 0 Å². The lowest BCUT2D eigenvalue weighted by Gasteiger charge is -2.15. The second-order valence-electron chi connectivity index (χ2n) is 6.18. The van der Waals surface area contributed by atoms with Crippen LogP contribution < -0.4 is 10.2 Å². The molecule has 0 spiro atoms. The topological polar surface area (TPSA) is 58.6 Å². The molecule has 1 heterocycles. The highest BCUT2D eigenvalue weighted by Gasteiger charge is 2.23. The van der Waals surface area contributed by atoms with E-state index in [-0.39, 0.29) is 12.0 Å². The van der Waals surface area contributed by atoms with Crippen LogP contribution in [0.4, 0.5) is 16.2 Å². The fourth-order valence-corrected chi connectivity index (χ4v) is 3.13. The number of benzene rings is 3. The lowest BCUT2D eigenvalue weighted by atomic mass is 9.99. The molecular formula is C22H18N2O3. The van der Waals surface area contributed by atoms with Gasteiger partial charge in [0, 0.05) is 16.9 Å². The summed E-state index contributed by atoms with van der Waals surface area (Å²) in [5.74, 6) is -0.199. The normalized spacial score (nSPS) is 13.3. The van der Waals surface area contributed by atoms with Gasteiger partial charge in [0.1, 0.15) is 6.61 Å². The zero-order valence-corrected chi connectivity index (χ0v) is 14.6. The molecule has 0 atom stereocenters. The molecule has 0 aromatic heterocycles. The summed E-state index contributed by atoms with van der Waals surface area (Å²) in [5, 5.41) is 2.93. The zero-order chi connectivity index (χ0) is 18.6.